The second-order valence-corrected chi connectivity index (χ2v) is 6.17. The van der Waals surface area contributed by atoms with Crippen molar-refractivity contribution in [1.82, 2.24) is 10.6 Å². The molecule has 0 bridgehead atoms. The van der Waals surface area contributed by atoms with Crippen molar-refractivity contribution in [3.8, 4) is 0 Å². The van der Waals surface area contributed by atoms with Crippen LogP contribution in [0.1, 0.15) is 46.5 Å². The monoisotopic (exact) mass is 242 g/mol. The summed E-state index contributed by atoms with van der Waals surface area (Å²) in [6.45, 7) is 7.53. The zero-order valence-electron chi connectivity index (χ0n) is 11.3. The molecule has 3 N–H and O–H groups in total. The quantitative estimate of drug-likeness (QED) is 0.690. The van der Waals surface area contributed by atoms with Crippen LogP contribution in [0.15, 0.2) is 0 Å². The van der Waals surface area contributed by atoms with Crippen molar-refractivity contribution in [2.75, 3.05) is 13.1 Å². The molecule has 1 heterocycles. The van der Waals surface area contributed by atoms with Crippen LogP contribution in [0.3, 0.4) is 0 Å². The normalized spacial score (nSPS) is 23.2. The average Bonchev–Trinajstić information content (AvgIpc) is 2.25. The second kappa shape index (κ2) is 6.36. The van der Waals surface area contributed by atoms with E-state index in [1.165, 1.54) is 0 Å². The Bertz CT molecular complexity index is 242. The fraction of sp³-hybridized carbons (Fsp3) is 0.923. The number of rotatable bonds is 4. The highest BCUT2D eigenvalue weighted by atomic mass is 16.3. The minimum absolute atomic E-state index is 0.0256. The fourth-order valence-electron chi connectivity index (χ4n) is 2.20. The van der Waals surface area contributed by atoms with Crippen molar-refractivity contribution < 1.29 is 9.90 Å². The summed E-state index contributed by atoms with van der Waals surface area (Å²) in [6.07, 6.45) is 3.40. The topological polar surface area (TPSA) is 61.4 Å². The van der Waals surface area contributed by atoms with Gasteiger partial charge in [-0.25, -0.2) is 0 Å². The molecule has 0 aromatic rings. The molecule has 4 nitrogen and oxygen atoms in total. The van der Waals surface area contributed by atoms with E-state index in [0.717, 1.165) is 25.8 Å². The summed E-state index contributed by atoms with van der Waals surface area (Å²) >= 11 is 0. The molecular formula is C13H26N2O2. The molecule has 0 radical (unpaired) electrons. The lowest BCUT2D eigenvalue weighted by Crippen LogP contribution is -2.48. The maximum Gasteiger partial charge on any atom is 0.237 e. The van der Waals surface area contributed by atoms with Crippen LogP contribution < -0.4 is 10.6 Å². The number of aliphatic hydroxyl groups excluding tert-OH is 1. The Hall–Kier alpha value is -0.610. The molecule has 4 heteroatoms. The van der Waals surface area contributed by atoms with Gasteiger partial charge in [0.2, 0.25) is 5.91 Å². The van der Waals surface area contributed by atoms with Crippen LogP contribution in [0.25, 0.3) is 0 Å². The van der Waals surface area contributed by atoms with Gasteiger partial charge in [-0.3, -0.25) is 4.79 Å². The van der Waals surface area contributed by atoms with Gasteiger partial charge in [-0.1, -0.05) is 27.2 Å². The smallest absolute Gasteiger partial charge is 0.237 e. The SMILES string of the molecule is CC(C)(C)CC(O)CNC(=O)[C@H]1CCCCN1. The van der Waals surface area contributed by atoms with E-state index in [1.807, 2.05) is 0 Å². The van der Waals surface area contributed by atoms with Crippen molar-refractivity contribution in [1.29, 1.82) is 0 Å². The largest absolute Gasteiger partial charge is 0.391 e. The Labute approximate surface area is 104 Å². The third-order valence-electron chi connectivity index (χ3n) is 2.99. The first-order chi connectivity index (χ1) is 7.88. The van der Waals surface area contributed by atoms with E-state index < -0.39 is 6.10 Å². The summed E-state index contributed by atoms with van der Waals surface area (Å²) in [5, 5.41) is 15.8. The summed E-state index contributed by atoms with van der Waals surface area (Å²) in [7, 11) is 0. The van der Waals surface area contributed by atoms with E-state index in [4.69, 9.17) is 0 Å². The zero-order chi connectivity index (χ0) is 12.9. The van der Waals surface area contributed by atoms with Crippen LogP contribution in [0.4, 0.5) is 0 Å². The number of hydrogen-bond acceptors (Lipinski definition) is 3. The van der Waals surface area contributed by atoms with E-state index in [9.17, 15) is 9.90 Å². The van der Waals surface area contributed by atoms with E-state index in [0.29, 0.717) is 13.0 Å². The maximum atomic E-state index is 11.8. The van der Waals surface area contributed by atoms with Crippen LogP contribution in [-0.2, 0) is 4.79 Å². The van der Waals surface area contributed by atoms with Crippen molar-refractivity contribution in [2.45, 2.75) is 58.6 Å². The molecule has 100 valence electrons. The molecule has 0 aromatic carbocycles. The second-order valence-electron chi connectivity index (χ2n) is 6.17. The predicted molar refractivity (Wildman–Crippen MR) is 68.7 cm³/mol. The number of carbonyl (C=O) groups excluding carboxylic acids is 1. The van der Waals surface area contributed by atoms with E-state index in [2.05, 4.69) is 31.4 Å². The number of hydrogen-bond donors (Lipinski definition) is 3. The Morgan fingerprint density at radius 3 is 2.71 bits per heavy atom. The summed E-state index contributed by atoms with van der Waals surface area (Å²) < 4.78 is 0. The minimum Gasteiger partial charge on any atom is -0.391 e. The number of piperidine rings is 1. The molecular weight excluding hydrogens is 216 g/mol. The third kappa shape index (κ3) is 6.03. The molecule has 0 saturated carbocycles. The maximum absolute atomic E-state index is 11.8. The van der Waals surface area contributed by atoms with Gasteiger partial charge in [0.1, 0.15) is 0 Å². The zero-order valence-corrected chi connectivity index (χ0v) is 11.3. The van der Waals surface area contributed by atoms with Gasteiger partial charge >= 0.3 is 0 Å². The van der Waals surface area contributed by atoms with Gasteiger partial charge in [-0.05, 0) is 31.2 Å². The van der Waals surface area contributed by atoms with Gasteiger partial charge in [-0.2, -0.15) is 0 Å². The summed E-state index contributed by atoms with van der Waals surface area (Å²) in [4.78, 5) is 11.8. The number of aliphatic hydroxyl groups is 1. The van der Waals surface area contributed by atoms with Gasteiger partial charge in [0.15, 0.2) is 0 Å². The fourth-order valence-corrected chi connectivity index (χ4v) is 2.20. The average molecular weight is 242 g/mol. The first-order valence-corrected chi connectivity index (χ1v) is 6.58. The van der Waals surface area contributed by atoms with Gasteiger partial charge in [0.25, 0.3) is 0 Å². The minimum atomic E-state index is -0.456. The molecule has 1 fully saturated rings. The lowest BCUT2D eigenvalue weighted by Gasteiger charge is -2.25. The first-order valence-electron chi connectivity index (χ1n) is 6.58. The van der Waals surface area contributed by atoms with Gasteiger partial charge < -0.3 is 15.7 Å². The Kier molecular flexibility index (Phi) is 5.40. The van der Waals surface area contributed by atoms with Crippen LogP contribution in [0.2, 0.25) is 0 Å². The van der Waals surface area contributed by atoms with E-state index in [-0.39, 0.29) is 17.4 Å². The van der Waals surface area contributed by atoms with E-state index in [1.54, 1.807) is 0 Å². The molecule has 17 heavy (non-hydrogen) atoms. The lowest BCUT2D eigenvalue weighted by atomic mass is 9.89. The molecule has 1 rings (SSSR count). The van der Waals surface area contributed by atoms with E-state index >= 15 is 0 Å². The van der Waals surface area contributed by atoms with Crippen molar-refractivity contribution in [2.24, 2.45) is 5.41 Å². The number of amides is 1. The number of carbonyl (C=O) groups is 1. The molecule has 0 aliphatic carbocycles. The summed E-state index contributed by atoms with van der Waals surface area (Å²) in [5.74, 6) is 0.0256. The molecule has 1 saturated heterocycles. The highest BCUT2D eigenvalue weighted by molar-refractivity contribution is 5.81. The molecule has 0 aromatic heterocycles. The van der Waals surface area contributed by atoms with Gasteiger partial charge in [0.05, 0.1) is 12.1 Å². The third-order valence-corrected chi connectivity index (χ3v) is 2.99. The summed E-state index contributed by atoms with van der Waals surface area (Å²) in [5.41, 5.74) is 0.0905. The lowest BCUT2D eigenvalue weighted by molar-refractivity contribution is -0.124. The van der Waals surface area contributed by atoms with Gasteiger partial charge in [-0.15, -0.1) is 0 Å². The van der Waals surface area contributed by atoms with Crippen LogP contribution in [0.5, 0.6) is 0 Å². The standard InChI is InChI=1S/C13H26N2O2/c1-13(2,3)8-10(16)9-15-12(17)11-6-4-5-7-14-11/h10-11,14,16H,4-9H2,1-3H3,(H,15,17)/t10?,11-/m1/s1. The Morgan fingerprint density at radius 2 is 2.18 bits per heavy atom. The molecule has 1 amide bonds. The predicted octanol–water partition coefficient (Wildman–Crippen LogP) is 1.04. The number of nitrogens with one attached hydrogen (secondary N) is 2. The summed E-state index contributed by atoms with van der Waals surface area (Å²) in [6, 6.07) is -0.0643. The molecule has 1 unspecified atom stereocenters. The van der Waals surface area contributed by atoms with Crippen molar-refractivity contribution in [3.63, 3.8) is 0 Å². The highest BCUT2D eigenvalue weighted by Crippen LogP contribution is 2.20. The molecule has 2 atom stereocenters. The van der Waals surface area contributed by atoms with Crippen LogP contribution in [0, 0.1) is 5.41 Å². The first kappa shape index (κ1) is 14.5. The van der Waals surface area contributed by atoms with Crippen LogP contribution >= 0.6 is 0 Å². The van der Waals surface area contributed by atoms with Crippen molar-refractivity contribution in [3.05, 3.63) is 0 Å². The molecule has 1 aliphatic heterocycles. The molecule has 1 aliphatic rings. The molecule has 0 spiro atoms. The Morgan fingerprint density at radius 1 is 1.47 bits per heavy atom. The van der Waals surface area contributed by atoms with Gasteiger partial charge in [0, 0.05) is 6.54 Å². The highest BCUT2D eigenvalue weighted by Gasteiger charge is 2.22. The van der Waals surface area contributed by atoms with Crippen molar-refractivity contribution >= 4 is 5.91 Å². The Balaban J connectivity index is 2.22. The van der Waals surface area contributed by atoms with Crippen LogP contribution in [-0.4, -0.2) is 36.2 Å².